The van der Waals surface area contributed by atoms with Crippen molar-refractivity contribution in [1.29, 1.82) is 5.41 Å². The minimum atomic E-state index is -0.158. The van der Waals surface area contributed by atoms with E-state index in [1.54, 1.807) is 0 Å². The minimum Gasteiger partial charge on any atom is -0.378 e. The lowest BCUT2D eigenvalue weighted by Crippen LogP contribution is -2.22. The van der Waals surface area contributed by atoms with Crippen LogP contribution < -0.4 is 4.90 Å². The van der Waals surface area contributed by atoms with Crippen LogP contribution in [0.25, 0.3) is 5.57 Å². The molecule has 1 N–H and O–H groups in total. The summed E-state index contributed by atoms with van der Waals surface area (Å²) in [5, 5.41) is 8.68. The predicted molar refractivity (Wildman–Crippen MR) is 98.0 cm³/mol. The highest BCUT2D eigenvalue weighted by Crippen LogP contribution is 2.37. The molecule has 1 aliphatic rings. The second kappa shape index (κ2) is 5.75. The average molecular weight is 296 g/mol. The lowest BCUT2D eigenvalue weighted by molar-refractivity contribution is 0.588. The van der Waals surface area contributed by atoms with Crippen molar-refractivity contribution in [2.45, 2.75) is 41.0 Å². The first kappa shape index (κ1) is 16.5. The summed E-state index contributed by atoms with van der Waals surface area (Å²) in [5.74, 6) is 0. The van der Waals surface area contributed by atoms with Crippen LogP contribution in [0.4, 0.5) is 5.69 Å². The van der Waals surface area contributed by atoms with Gasteiger partial charge >= 0.3 is 0 Å². The summed E-state index contributed by atoms with van der Waals surface area (Å²) in [6, 6.07) is 6.51. The standard InChI is InChI=1S/C20H28N2/c1-13-8-10-16(14(13)2)17-11-9-15(22(6)7)12-18(17)19(21)20(3,4)5/h8-9,11-12,21H,10H2,1-7H3. The summed E-state index contributed by atoms with van der Waals surface area (Å²) < 4.78 is 0. The minimum absolute atomic E-state index is 0.158. The summed E-state index contributed by atoms with van der Waals surface area (Å²) in [6.07, 6.45) is 3.26. The zero-order valence-corrected chi connectivity index (χ0v) is 15.0. The maximum Gasteiger partial charge on any atom is 0.0446 e. The Hall–Kier alpha value is -1.83. The van der Waals surface area contributed by atoms with Crippen LogP contribution in [0, 0.1) is 10.8 Å². The van der Waals surface area contributed by atoms with Crippen molar-refractivity contribution in [3.8, 4) is 0 Å². The van der Waals surface area contributed by atoms with E-state index in [0.717, 1.165) is 17.7 Å². The highest BCUT2D eigenvalue weighted by atomic mass is 15.1. The van der Waals surface area contributed by atoms with Crippen LogP contribution in [0.15, 0.2) is 35.4 Å². The Balaban J connectivity index is 2.63. The number of anilines is 1. The molecule has 0 saturated carbocycles. The molecule has 0 atom stereocenters. The number of hydrogen-bond acceptors (Lipinski definition) is 2. The summed E-state index contributed by atoms with van der Waals surface area (Å²) in [4.78, 5) is 2.10. The quantitative estimate of drug-likeness (QED) is 0.754. The van der Waals surface area contributed by atoms with Gasteiger partial charge in [-0.05, 0) is 49.1 Å². The number of benzene rings is 1. The molecule has 0 heterocycles. The van der Waals surface area contributed by atoms with Gasteiger partial charge in [0, 0.05) is 36.5 Å². The Morgan fingerprint density at radius 3 is 2.23 bits per heavy atom. The van der Waals surface area contributed by atoms with Crippen molar-refractivity contribution in [3.63, 3.8) is 0 Å². The lowest BCUT2D eigenvalue weighted by Gasteiger charge is -2.25. The normalized spacial score (nSPS) is 15.1. The van der Waals surface area contributed by atoms with Crippen LogP contribution in [0.5, 0.6) is 0 Å². The Bertz CT molecular complexity index is 667. The SMILES string of the molecule is CC1=CCC(c2ccc(N(C)C)cc2C(=N)C(C)(C)C)=C1C. The van der Waals surface area contributed by atoms with Crippen LogP contribution >= 0.6 is 0 Å². The molecule has 0 amide bonds. The molecule has 22 heavy (non-hydrogen) atoms. The fourth-order valence-corrected chi connectivity index (χ4v) is 2.80. The molecule has 0 saturated heterocycles. The lowest BCUT2D eigenvalue weighted by atomic mass is 9.81. The van der Waals surface area contributed by atoms with E-state index in [0.29, 0.717) is 5.71 Å². The Labute approximate surface area is 135 Å². The number of hydrogen-bond donors (Lipinski definition) is 1. The van der Waals surface area contributed by atoms with Gasteiger partial charge in [-0.3, -0.25) is 0 Å². The molecule has 0 unspecified atom stereocenters. The van der Waals surface area contributed by atoms with Crippen molar-refractivity contribution < 1.29 is 0 Å². The largest absolute Gasteiger partial charge is 0.378 e. The van der Waals surface area contributed by atoms with Gasteiger partial charge in [0.2, 0.25) is 0 Å². The second-order valence-corrected chi connectivity index (χ2v) is 7.44. The van der Waals surface area contributed by atoms with E-state index >= 15 is 0 Å². The maximum atomic E-state index is 8.68. The van der Waals surface area contributed by atoms with Gasteiger partial charge in [-0.2, -0.15) is 0 Å². The molecule has 1 aromatic carbocycles. The summed E-state index contributed by atoms with van der Waals surface area (Å²) in [7, 11) is 4.09. The van der Waals surface area contributed by atoms with Gasteiger partial charge in [0.25, 0.3) is 0 Å². The van der Waals surface area contributed by atoms with Gasteiger partial charge in [-0.25, -0.2) is 0 Å². The van der Waals surface area contributed by atoms with E-state index < -0.39 is 0 Å². The highest BCUT2D eigenvalue weighted by Gasteiger charge is 2.24. The molecule has 2 nitrogen and oxygen atoms in total. The molecule has 0 radical (unpaired) electrons. The maximum absolute atomic E-state index is 8.68. The fraction of sp³-hybridized carbons (Fsp3) is 0.450. The number of rotatable bonds is 3. The van der Waals surface area contributed by atoms with E-state index in [4.69, 9.17) is 5.41 Å². The van der Waals surface area contributed by atoms with Crippen molar-refractivity contribution in [3.05, 3.63) is 46.5 Å². The third kappa shape index (κ3) is 3.01. The van der Waals surface area contributed by atoms with Crippen LogP contribution in [0.1, 0.15) is 52.2 Å². The van der Waals surface area contributed by atoms with Crippen molar-refractivity contribution in [2.75, 3.05) is 19.0 Å². The third-order valence-corrected chi connectivity index (χ3v) is 4.52. The van der Waals surface area contributed by atoms with E-state index in [9.17, 15) is 0 Å². The topological polar surface area (TPSA) is 27.1 Å². The Kier molecular flexibility index (Phi) is 4.32. The smallest absolute Gasteiger partial charge is 0.0446 e. The fourth-order valence-electron chi connectivity index (χ4n) is 2.80. The van der Waals surface area contributed by atoms with E-state index in [-0.39, 0.29) is 5.41 Å². The van der Waals surface area contributed by atoms with Crippen molar-refractivity contribution in [1.82, 2.24) is 0 Å². The van der Waals surface area contributed by atoms with E-state index in [2.05, 4.69) is 63.8 Å². The molecule has 0 spiro atoms. The zero-order valence-electron chi connectivity index (χ0n) is 15.0. The van der Waals surface area contributed by atoms with Gasteiger partial charge in [-0.15, -0.1) is 0 Å². The number of nitrogens with zero attached hydrogens (tertiary/aromatic N) is 1. The van der Waals surface area contributed by atoms with Crippen LogP contribution in [0.2, 0.25) is 0 Å². The molecule has 0 aromatic heterocycles. The second-order valence-electron chi connectivity index (χ2n) is 7.44. The summed E-state index contributed by atoms with van der Waals surface area (Å²) in [6.45, 7) is 10.7. The van der Waals surface area contributed by atoms with Gasteiger partial charge < -0.3 is 10.3 Å². The van der Waals surface area contributed by atoms with E-state index in [1.807, 2.05) is 14.1 Å². The monoisotopic (exact) mass is 296 g/mol. The molecule has 0 bridgehead atoms. The first-order chi connectivity index (χ1) is 10.1. The molecule has 118 valence electrons. The zero-order chi connectivity index (χ0) is 16.7. The van der Waals surface area contributed by atoms with E-state index in [1.165, 1.54) is 22.3 Å². The predicted octanol–water partition coefficient (Wildman–Crippen LogP) is 5.29. The molecule has 0 aliphatic heterocycles. The third-order valence-electron chi connectivity index (χ3n) is 4.52. The van der Waals surface area contributed by atoms with Gasteiger partial charge in [0.15, 0.2) is 0 Å². The van der Waals surface area contributed by atoms with Crippen molar-refractivity contribution >= 4 is 17.0 Å². The molecule has 2 rings (SSSR count). The van der Waals surface area contributed by atoms with Crippen LogP contribution in [-0.4, -0.2) is 19.8 Å². The first-order valence-electron chi connectivity index (χ1n) is 7.91. The Morgan fingerprint density at radius 2 is 1.77 bits per heavy atom. The Morgan fingerprint density at radius 1 is 1.14 bits per heavy atom. The number of nitrogens with one attached hydrogen (secondary N) is 1. The van der Waals surface area contributed by atoms with Crippen molar-refractivity contribution in [2.24, 2.45) is 5.41 Å². The molecule has 2 heteroatoms. The molecule has 1 aliphatic carbocycles. The summed E-state index contributed by atoms with van der Waals surface area (Å²) in [5.41, 5.74) is 8.07. The van der Waals surface area contributed by atoms with Gasteiger partial charge in [0.1, 0.15) is 0 Å². The summed E-state index contributed by atoms with van der Waals surface area (Å²) >= 11 is 0. The molecule has 0 fully saturated rings. The average Bonchev–Trinajstić information content (AvgIpc) is 2.76. The van der Waals surface area contributed by atoms with Gasteiger partial charge in [0.05, 0.1) is 0 Å². The van der Waals surface area contributed by atoms with Crippen LogP contribution in [0.3, 0.4) is 0 Å². The van der Waals surface area contributed by atoms with Gasteiger partial charge in [-0.1, -0.05) is 38.5 Å². The molecular weight excluding hydrogens is 268 g/mol. The first-order valence-corrected chi connectivity index (χ1v) is 7.91. The number of allylic oxidation sites excluding steroid dienone is 4. The molecule has 1 aromatic rings. The van der Waals surface area contributed by atoms with Crippen LogP contribution in [-0.2, 0) is 0 Å². The molecular formula is C20H28N2. The highest BCUT2D eigenvalue weighted by molar-refractivity contribution is 6.06.